The molecule has 0 saturated carbocycles. The van der Waals surface area contributed by atoms with E-state index in [1.165, 1.54) is 11.1 Å². The van der Waals surface area contributed by atoms with E-state index in [1.807, 2.05) is 17.1 Å². The zero-order valence-corrected chi connectivity index (χ0v) is 10.5. The van der Waals surface area contributed by atoms with Gasteiger partial charge in [-0.3, -0.25) is 4.68 Å². The minimum Gasteiger partial charge on any atom is -0.493 e. The Morgan fingerprint density at radius 1 is 1.44 bits per heavy atom. The van der Waals surface area contributed by atoms with Crippen LogP contribution in [0.2, 0.25) is 0 Å². The maximum Gasteiger partial charge on any atom is 0.122 e. The van der Waals surface area contributed by atoms with Crippen LogP contribution in [0.15, 0.2) is 30.6 Å². The van der Waals surface area contributed by atoms with Gasteiger partial charge in [-0.1, -0.05) is 12.1 Å². The van der Waals surface area contributed by atoms with Gasteiger partial charge in [0.25, 0.3) is 0 Å². The molecule has 18 heavy (non-hydrogen) atoms. The minimum absolute atomic E-state index is 0.815. The summed E-state index contributed by atoms with van der Waals surface area (Å²) in [7, 11) is 0. The van der Waals surface area contributed by atoms with Crippen molar-refractivity contribution in [1.29, 1.82) is 0 Å². The molecule has 0 aliphatic carbocycles. The summed E-state index contributed by atoms with van der Waals surface area (Å²) < 4.78 is 7.42. The van der Waals surface area contributed by atoms with Crippen LogP contribution in [0.3, 0.4) is 0 Å². The van der Waals surface area contributed by atoms with E-state index in [2.05, 4.69) is 35.5 Å². The highest BCUT2D eigenvalue weighted by atomic mass is 16.5. The van der Waals surface area contributed by atoms with Crippen molar-refractivity contribution < 1.29 is 4.74 Å². The largest absolute Gasteiger partial charge is 0.493 e. The smallest absolute Gasteiger partial charge is 0.122 e. The van der Waals surface area contributed by atoms with Crippen LogP contribution >= 0.6 is 0 Å². The zero-order valence-electron chi connectivity index (χ0n) is 10.5. The first-order chi connectivity index (χ1) is 8.85. The number of anilines is 1. The van der Waals surface area contributed by atoms with E-state index in [0.29, 0.717) is 0 Å². The predicted molar refractivity (Wildman–Crippen MR) is 70.9 cm³/mol. The lowest BCUT2D eigenvalue weighted by Gasteiger charge is -2.05. The molecule has 0 saturated heterocycles. The van der Waals surface area contributed by atoms with Crippen LogP contribution in [-0.2, 0) is 19.5 Å². The van der Waals surface area contributed by atoms with Gasteiger partial charge in [0, 0.05) is 25.7 Å². The number of ether oxygens (including phenoxy) is 1. The zero-order chi connectivity index (χ0) is 12.4. The van der Waals surface area contributed by atoms with Crippen LogP contribution in [0.25, 0.3) is 0 Å². The van der Waals surface area contributed by atoms with Gasteiger partial charge >= 0.3 is 0 Å². The molecule has 1 aromatic heterocycles. The number of fused-ring (bicyclic) bond motifs is 1. The van der Waals surface area contributed by atoms with E-state index in [9.17, 15) is 0 Å². The van der Waals surface area contributed by atoms with Crippen molar-refractivity contribution in [2.24, 2.45) is 0 Å². The molecule has 0 spiro atoms. The van der Waals surface area contributed by atoms with Crippen molar-refractivity contribution in [1.82, 2.24) is 9.78 Å². The van der Waals surface area contributed by atoms with Gasteiger partial charge in [0.2, 0.25) is 0 Å². The molecule has 1 aromatic carbocycles. The Labute approximate surface area is 107 Å². The highest BCUT2D eigenvalue weighted by molar-refractivity contribution is 5.43. The van der Waals surface area contributed by atoms with E-state index in [1.54, 1.807) is 0 Å². The molecule has 3 rings (SSSR count). The van der Waals surface area contributed by atoms with Gasteiger partial charge in [0.1, 0.15) is 5.75 Å². The number of hydrogen-bond donors (Lipinski definition) is 1. The molecule has 0 atom stereocenters. The minimum atomic E-state index is 0.815. The maximum absolute atomic E-state index is 5.50. The van der Waals surface area contributed by atoms with Crippen LogP contribution in [0.5, 0.6) is 5.75 Å². The molecule has 94 valence electrons. The van der Waals surface area contributed by atoms with Gasteiger partial charge in [0.15, 0.2) is 0 Å². The summed E-state index contributed by atoms with van der Waals surface area (Å²) in [4.78, 5) is 0. The Balaban J connectivity index is 1.66. The highest BCUT2D eigenvalue weighted by Crippen LogP contribution is 2.26. The third-order valence-corrected chi connectivity index (χ3v) is 3.21. The van der Waals surface area contributed by atoms with Gasteiger partial charge in [-0.05, 0) is 24.1 Å². The molecule has 4 nitrogen and oxygen atoms in total. The third-order valence-electron chi connectivity index (χ3n) is 3.21. The molecule has 1 aliphatic heterocycles. The third kappa shape index (κ3) is 2.18. The van der Waals surface area contributed by atoms with Crippen molar-refractivity contribution in [2.45, 2.75) is 26.4 Å². The fourth-order valence-electron chi connectivity index (χ4n) is 2.18. The topological polar surface area (TPSA) is 39.1 Å². The van der Waals surface area contributed by atoms with Crippen molar-refractivity contribution >= 4 is 5.69 Å². The quantitative estimate of drug-likeness (QED) is 0.896. The van der Waals surface area contributed by atoms with Crippen LogP contribution in [-0.4, -0.2) is 16.4 Å². The Morgan fingerprint density at radius 2 is 2.39 bits per heavy atom. The van der Waals surface area contributed by atoms with Gasteiger partial charge in [-0.2, -0.15) is 5.10 Å². The molecule has 0 bridgehead atoms. The van der Waals surface area contributed by atoms with Crippen LogP contribution in [0.1, 0.15) is 18.1 Å². The monoisotopic (exact) mass is 243 g/mol. The number of hydrogen-bond acceptors (Lipinski definition) is 3. The van der Waals surface area contributed by atoms with Crippen LogP contribution in [0.4, 0.5) is 5.69 Å². The molecule has 0 unspecified atom stereocenters. The summed E-state index contributed by atoms with van der Waals surface area (Å²) in [6.07, 6.45) is 4.91. The number of aryl methyl sites for hydroxylation is 1. The van der Waals surface area contributed by atoms with Gasteiger partial charge in [-0.25, -0.2) is 0 Å². The molecule has 0 radical (unpaired) electrons. The normalized spacial score (nSPS) is 13.2. The molecule has 2 heterocycles. The fraction of sp³-hybridized carbons (Fsp3) is 0.357. The Bertz CT molecular complexity index is 548. The van der Waals surface area contributed by atoms with Crippen LogP contribution < -0.4 is 10.1 Å². The van der Waals surface area contributed by atoms with E-state index in [0.717, 1.165) is 37.6 Å². The summed E-state index contributed by atoms with van der Waals surface area (Å²) in [5.74, 6) is 1.04. The van der Waals surface area contributed by atoms with Crippen molar-refractivity contribution in [3.63, 3.8) is 0 Å². The Morgan fingerprint density at radius 3 is 3.22 bits per heavy atom. The highest BCUT2D eigenvalue weighted by Gasteiger charge is 2.11. The Hall–Kier alpha value is -1.97. The summed E-state index contributed by atoms with van der Waals surface area (Å²) in [5.41, 5.74) is 3.66. The maximum atomic E-state index is 5.50. The second-order valence-electron chi connectivity index (χ2n) is 4.48. The number of aromatic nitrogens is 2. The number of rotatable bonds is 4. The second kappa shape index (κ2) is 4.72. The summed E-state index contributed by atoms with van der Waals surface area (Å²) in [6.45, 7) is 4.62. The van der Waals surface area contributed by atoms with E-state index in [4.69, 9.17) is 4.74 Å². The summed E-state index contributed by atoms with van der Waals surface area (Å²) in [5, 5.41) is 7.62. The lowest BCUT2D eigenvalue weighted by molar-refractivity contribution is 0.357. The standard InChI is InChI=1S/C14H17N3O/c1-2-17-10-13(9-16-17)15-8-11-3-4-14-12(7-11)5-6-18-14/h3-4,7,9-10,15H,2,5-6,8H2,1H3. The molecular weight excluding hydrogens is 226 g/mol. The van der Waals surface area contributed by atoms with Crippen LogP contribution in [0, 0.1) is 0 Å². The van der Waals surface area contributed by atoms with Crippen molar-refractivity contribution in [3.05, 3.63) is 41.7 Å². The fourth-order valence-corrected chi connectivity index (χ4v) is 2.18. The lowest BCUT2D eigenvalue weighted by Crippen LogP contribution is -1.99. The molecule has 2 aromatic rings. The van der Waals surface area contributed by atoms with Gasteiger partial charge in [0.05, 0.1) is 18.5 Å². The SMILES string of the molecule is CCn1cc(NCc2ccc3c(c2)CCO3)cn1. The lowest BCUT2D eigenvalue weighted by atomic mass is 10.1. The Kier molecular flexibility index (Phi) is 2.92. The first-order valence-corrected chi connectivity index (χ1v) is 6.36. The average Bonchev–Trinajstić information content (AvgIpc) is 3.04. The number of nitrogens with zero attached hydrogens (tertiary/aromatic N) is 2. The molecule has 0 fully saturated rings. The van der Waals surface area contributed by atoms with E-state index in [-0.39, 0.29) is 0 Å². The molecule has 4 heteroatoms. The first kappa shape index (κ1) is 11.1. The predicted octanol–water partition coefficient (Wildman–Crippen LogP) is 2.45. The van der Waals surface area contributed by atoms with Gasteiger partial charge in [-0.15, -0.1) is 0 Å². The van der Waals surface area contributed by atoms with Crippen molar-refractivity contribution in [3.8, 4) is 5.75 Å². The summed E-state index contributed by atoms with van der Waals surface area (Å²) >= 11 is 0. The number of nitrogens with one attached hydrogen (secondary N) is 1. The average molecular weight is 243 g/mol. The molecular formula is C14H17N3O. The first-order valence-electron chi connectivity index (χ1n) is 6.36. The van der Waals surface area contributed by atoms with E-state index >= 15 is 0 Å². The molecule has 1 aliphatic rings. The van der Waals surface area contributed by atoms with Gasteiger partial charge < -0.3 is 10.1 Å². The van der Waals surface area contributed by atoms with E-state index < -0.39 is 0 Å². The summed E-state index contributed by atoms with van der Waals surface area (Å²) in [6, 6.07) is 6.40. The molecule has 1 N–H and O–H groups in total. The molecule has 0 amide bonds. The second-order valence-corrected chi connectivity index (χ2v) is 4.48. The number of benzene rings is 1. The van der Waals surface area contributed by atoms with Crippen molar-refractivity contribution in [2.75, 3.05) is 11.9 Å².